The lowest BCUT2D eigenvalue weighted by Crippen LogP contribution is -2.52. The van der Waals surface area contributed by atoms with Gasteiger partial charge in [-0.2, -0.15) is 0 Å². The average molecular weight is 744 g/mol. The highest BCUT2D eigenvalue weighted by Crippen LogP contribution is 2.60. The Hall–Kier alpha value is -4.77. The first-order valence-electron chi connectivity index (χ1n) is 19.2. The first-order chi connectivity index (χ1) is 26.1. The number of carbonyl (C=O) groups excluding carboxylic acids is 3. The van der Waals surface area contributed by atoms with Crippen LogP contribution in [0.5, 0.6) is 5.75 Å². The van der Waals surface area contributed by atoms with E-state index in [4.69, 9.17) is 9.47 Å². The molecule has 0 radical (unpaired) electrons. The van der Waals surface area contributed by atoms with Crippen molar-refractivity contribution in [3.63, 3.8) is 0 Å². The molecule has 1 N–H and O–H groups in total. The van der Waals surface area contributed by atoms with Gasteiger partial charge in [-0.25, -0.2) is 0 Å². The molecule has 0 bridgehead atoms. The Bertz CT molecular complexity index is 2070. The van der Waals surface area contributed by atoms with Gasteiger partial charge in [0.2, 0.25) is 11.8 Å². The second kappa shape index (κ2) is 14.1. The Morgan fingerprint density at radius 1 is 0.944 bits per heavy atom. The van der Waals surface area contributed by atoms with Crippen LogP contribution >= 0.6 is 0 Å². The summed E-state index contributed by atoms with van der Waals surface area (Å²) in [5, 5.41) is 11.7. The number of ether oxygens (including phenoxy) is 2. The van der Waals surface area contributed by atoms with Crippen LogP contribution in [0.25, 0.3) is 0 Å². The van der Waals surface area contributed by atoms with Gasteiger partial charge in [0.1, 0.15) is 5.75 Å². The maximum atomic E-state index is 15.2. The molecule has 4 heterocycles. The van der Waals surface area contributed by atoms with Crippen molar-refractivity contribution in [1.29, 1.82) is 0 Å². The molecule has 0 aromatic heterocycles. The maximum absolute atomic E-state index is 15.2. The van der Waals surface area contributed by atoms with Gasteiger partial charge >= 0.3 is 0 Å². The fourth-order valence-corrected chi connectivity index (χ4v) is 13.9. The van der Waals surface area contributed by atoms with Crippen molar-refractivity contribution in [2.75, 3.05) is 30.1 Å². The summed E-state index contributed by atoms with van der Waals surface area (Å²) >= 11 is 0. The minimum Gasteiger partial charge on any atom is -0.497 e. The zero-order valence-electron chi connectivity index (χ0n) is 31.5. The monoisotopic (exact) mass is 743 g/mol. The summed E-state index contributed by atoms with van der Waals surface area (Å²) < 4.78 is 12.8. The van der Waals surface area contributed by atoms with Gasteiger partial charge < -0.3 is 29.3 Å². The first kappa shape index (κ1) is 36.2. The number of hydrogen-bond donors (Lipinski definition) is 1. The summed E-state index contributed by atoms with van der Waals surface area (Å²) in [6.45, 7) is 8.15. The van der Waals surface area contributed by atoms with Crippen molar-refractivity contribution in [1.82, 2.24) is 4.90 Å². The number of hydrogen-bond acceptors (Lipinski definition) is 6. The summed E-state index contributed by atoms with van der Waals surface area (Å²) in [6.07, 6.45) is 1.59. The second-order valence-corrected chi connectivity index (χ2v) is 20.6. The molecule has 5 atom stereocenters. The van der Waals surface area contributed by atoms with Crippen LogP contribution in [0.2, 0.25) is 18.6 Å². The van der Waals surface area contributed by atoms with Gasteiger partial charge in [-0.15, -0.1) is 0 Å². The Balaban J connectivity index is 1.15. The Morgan fingerprint density at radius 3 is 2.33 bits per heavy atom. The highest BCUT2D eigenvalue weighted by atomic mass is 28.3. The molecule has 2 saturated heterocycles. The molecule has 10 heteroatoms. The highest BCUT2D eigenvalue weighted by molar-refractivity contribution is 6.91. The largest absolute Gasteiger partial charge is 0.497 e. The topological polar surface area (TPSA) is 99.6 Å². The van der Waals surface area contributed by atoms with Crippen LogP contribution in [0, 0.1) is 5.92 Å². The van der Waals surface area contributed by atoms with Crippen LogP contribution in [-0.4, -0.2) is 68.2 Å². The molecule has 0 aliphatic carbocycles. The van der Waals surface area contributed by atoms with E-state index in [2.05, 4.69) is 44.3 Å². The summed E-state index contributed by atoms with van der Waals surface area (Å²) in [5.41, 5.74) is 4.34. The van der Waals surface area contributed by atoms with E-state index in [-0.39, 0.29) is 48.3 Å². The molecule has 4 aliphatic rings. The van der Waals surface area contributed by atoms with Gasteiger partial charge in [0, 0.05) is 36.7 Å². The van der Waals surface area contributed by atoms with Crippen molar-refractivity contribution in [2.45, 2.75) is 82.1 Å². The van der Waals surface area contributed by atoms with Crippen molar-refractivity contribution in [3.8, 4) is 5.75 Å². The SMILES string of the molecule is COc1ccc([Si](C)(C)[C@@H]2[C@@H](CC(=O)N3Cc4ccccc4C[C@H]3CO)O[C@]3(C(=O)N(Cc4ccc(N5CCCC5=O)cc4)c4ccccc43)[C@H]2C)cc1. The van der Waals surface area contributed by atoms with Gasteiger partial charge in [-0.3, -0.25) is 14.4 Å². The van der Waals surface area contributed by atoms with Crippen molar-refractivity contribution in [2.24, 2.45) is 5.92 Å². The molecule has 4 aliphatic heterocycles. The number of fused-ring (bicyclic) bond motifs is 3. The number of benzene rings is 4. The Labute approximate surface area is 318 Å². The van der Waals surface area contributed by atoms with Crippen LogP contribution in [0.1, 0.15) is 48.4 Å². The fraction of sp³-hybridized carbons (Fsp3) is 0.386. The molecule has 3 amide bonds. The molecule has 4 aromatic rings. The van der Waals surface area contributed by atoms with Gasteiger partial charge in [0.05, 0.1) is 52.6 Å². The quantitative estimate of drug-likeness (QED) is 0.214. The highest BCUT2D eigenvalue weighted by Gasteiger charge is 2.66. The number of nitrogens with zero attached hydrogens (tertiary/aromatic N) is 3. The number of carbonyl (C=O) groups is 3. The van der Waals surface area contributed by atoms with E-state index in [1.807, 2.05) is 87.5 Å². The average Bonchev–Trinajstić information content (AvgIpc) is 3.83. The lowest BCUT2D eigenvalue weighted by Gasteiger charge is -2.39. The van der Waals surface area contributed by atoms with E-state index >= 15 is 4.79 Å². The Morgan fingerprint density at radius 2 is 1.65 bits per heavy atom. The molecule has 2 fully saturated rings. The summed E-state index contributed by atoms with van der Waals surface area (Å²) in [4.78, 5) is 47.6. The standard InChI is InChI=1S/C44H49N3O6Si/c1-29-42(54(3,4)36-21-19-35(52-2)20-22-36)39(25-41(50)46-27-32-11-6-5-10-31(32)24-34(46)28-48)53-44(29)37-12-7-8-13-38(37)47(43(44)51)26-30-15-17-33(18-16-30)45-23-9-14-40(45)49/h5-8,10-13,15-22,29,34,39,42,48H,9,14,23-28H2,1-4H3/t29-,34-,39+,42-,44+/m0/s1. The number of methoxy groups -OCH3 is 1. The third kappa shape index (κ3) is 5.95. The predicted molar refractivity (Wildman–Crippen MR) is 211 cm³/mol. The van der Waals surface area contributed by atoms with E-state index in [1.54, 1.807) is 7.11 Å². The van der Waals surface area contributed by atoms with Crippen molar-refractivity contribution in [3.05, 3.63) is 119 Å². The number of anilines is 2. The summed E-state index contributed by atoms with van der Waals surface area (Å²) in [6, 6.07) is 31.9. The maximum Gasteiger partial charge on any atom is 0.264 e. The molecule has 0 saturated carbocycles. The van der Waals surface area contributed by atoms with Gasteiger partial charge in [0.15, 0.2) is 5.60 Å². The van der Waals surface area contributed by atoms with Gasteiger partial charge in [0.25, 0.3) is 5.91 Å². The van der Waals surface area contributed by atoms with Gasteiger partial charge in [-0.1, -0.05) is 91.9 Å². The van der Waals surface area contributed by atoms with E-state index in [1.165, 1.54) is 5.19 Å². The van der Waals surface area contributed by atoms with Gasteiger partial charge in [-0.05, 0) is 65.4 Å². The predicted octanol–water partition coefficient (Wildman–Crippen LogP) is 5.92. The first-order valence-corrected chi connectivity index (χ1v) is 22.2. The number of aliphatic hydroxyl groups is 1. The van der Waals surface area contributed by atoms with E-state index in [0.717, 1.165) is 52.3 Å². The smallest absolute Gasteiger partial charge is 0.264 e. The number of para-hydroxylation sites is 1. The van der Waals surface area contributed by atoms with E-state index in [0.29, 0.717) is 25.9 Å². The molecule has 54 heavy (non-hydrogen) atoms. The molecular formula is C44H49N3O6Si. The number of aliphatic hydroxyl groups excluding tert-OH is 1. The number of amides is 3. The van der Waals surface area contributed by atoms with Crippen LogP contribution in [0.3, 0.4) is 0 Å². The minimum absolute atomic E-state index is 0.0745. The molecular weight excluding hydrogens is 695 g/mol. The number of rotatable bonds is 9. The Kier molecular flexibility index (Phi) is 9.48. The molecule has 4 aromatic carbocycles. The normalized spacial score (nSPS) is 25.0. The van der Waals surface area contributed by atoms with Crippen LogP contribution in [-0.2, 0) is 44.2 Å². The van der Waals surface area contributed by atoms with Crippen LogP contribution < -0.4 is 19.7 Å². The minimum atomic E-state index is -2.48. The fourth-order valence-electron chi connectivity index (χ4n) is 9.84. The zero-order valence-corrected chi connectivity index (χ0v) is 32.5. The molecule has 8 rings (SSSR count). The zero-order chi connectivity index (χ0) is 37.8. The third-order valence-corrected chi connectivity index (χ3v) is 17.0. The molecule has 0 unspecified atom stereocenters. The lowest BCUT2D eigenvalue weighted by molar-refractivity contribution is -0.151. The van der Waals surface area contributed by atoms with E-state index in [9.17, 15) is 14.7 Å². The van der Waals surface area contributed by atoms with Crippen LogP contribution in [0.4, 0.5) is 11.4 Å². The molecule has 9 nitrogen and oxygen atoms in total. The van der Waals surface area contributed by atoms with Crippen molar-refractivity contribution < 1.29 is 29.0 Å². The molecule has 280 valence electrons. The second-order valence-electron chi connectivity index (χ2n) is 15.9. The van der Waals surface area contributed by atoms with E-state index < -0.39 is 19.8 Å². The summed E-state index contributed by atoms with van der Waals surface area (Å²) in [5.74, 6) is 0.473. The van der Waals surface area contributed by atoms with Crippen molar-refractivity contribution >= 4 is 42.4 Å². The lowest BCUT2D eigenvalue weighted by atomic mass is 9.82. The molecule has 1 spiro atoms. The summed E-state index contributed by atoms with van der Waals surface area (Å²) in [7, 11) is -0.818. The third-order valence-electron chi connectivity index (χ3n) is 12.7. The van der Waals surface area contributed by atoms with Crippen LogP contribution in [0.15, 0.2) is 97.1 Å².